The molecule has 0 saturated heterocycles. The molecule has 0 spiro atoms. The Hall–Kier alpha value is -7.54. The summed E-state index contributed by atoms with van der Waals surface area (Å²) in [5.74, 6) is 0.0190. The smallest absolute Gasteiger partial charge is 0.295 e. The third kappa shape index (κ3) is 15.5. The number of carbonyl (C=O) groups is 2. The predicted molar refractivity (Wildman–Crippen MR) is 250 cm³/mol. The van der Waals surface area contributed by atoms with Gasteiger partial charge < -0.3 is 31.9 Å². The predicted octanol–water partition coefficient (Wildman–Crippen LogP) is 5.16. The van der Waals surface area contributed by atoms with E-state index in [1.807, 2.05) is 36.4 Å². The third-order valence-electron chi connectivity index (χ3n) is 9.41. The average Bonchev–Trinajstić information content (AvgIpc) is 3.30. The molecule has 68 heavy (non-hydrogen) atoms. The van der Waals surface area contributed by atoms with Crippen LogP contribution in [0.15, 0.2) is 107 Å². The van der Waals surface area contributed by atoms with E-state index in [1.54, 1.807) is 30.3 Å². The molecule has 6 rings (SSSR count). The van der Waals surface area contributed by atoms with Crippen LogP contribution in [0.3, 0.4) is 0 Å². The van der Waals surface area contributed by atoms with E-state index in [1.165, 1.54) is 36.4 Å². The molecule has 6 aromatic rings. The van der Waals surface area contributed by atoms with Gasteiger partial charge in [-0.1, -0.05) is 78.9 Å². The number of hydrogen-bond acceptors (Lipinski definition) is 16. The summed E-state index contributed by atoms with van der Waals surface area (Å²) in [5, 5.41) is 16.7. The highest BCUT2D eigenvalue weighted by atomic mass is 32.2. The van der Waals surface area contributed by atoms with Crippen LogP contribution < -0.4 is 31.9 Å². The van der Waals surface area contributed by atoms with Crippen LogP contribution >= 0.6 is 0 Å². The molecule has 0 unspecified atom stereocenters. The van der Waals surface area contributed by atoms with Gasteiger partial charge in [0, 0.05) is 63.2 Å². The van der Waals surface area contributed by atoms with Crippen molar-refractivity contribution < 1.29 is 44.3 Å². The number of anilines is 6. The Kier molecular flexibility index (Phi) is 17.4. The number of nitrogens with zero attached hydrogens (tertiary/aromatic N) is 6. The third-order valence-corrected chi connectivity index (χ3v) is 11.2. The molecule has 2 amide bonds. The van der Waals surface area contributed by atoms with Gasteiger partial charge in [0.05, 0.1) is 0 Å². The van der Waals surface area contributed by atoms with Crippen LogP contribution in [0.2, 0.25) is 0 Å². The fourth-order valence-corrected chi connectivity index (χ4v) is 7.79. The van der Waals surface area contributed by atoms with Crippen molar-refractivity contribution >= 4 is 79.4 Å². The van der Waals surface area contributed by atoms with Crippen molar-refractivity contribution in [2.24, 2.45) is 0 Å². The second-order valence-electron chi connectivity index (χ2n) is 14.6. The fraction of sp³-hybridized carbons (Fsp3) is 0.227. The first-order valence-corrected chi connectivity index (χ1v) is 23.7. The van der Waals surface area contributed by atoms with Gasteiger partial charge in [0.2, 0.25) is 35.6 Å². The van der Waals surface area contributed by atoms with Crippen LogP contribution in [0.25, 0.3) is 12.2 Å². The first-order valence-electron chi connectivity index (χ1n) is 20.8. The molecule has 8 N–H and O–H groups in total. The quantitative estimate of drug-likeness (QED) is 0.0287. The Morgan fingerprint density at radius 1 is 0.515 bits per heavy atom. The topological polar surface area (TPSA) is 292 Å². The Balaban J connectivity index is 1.24. The van der Waals surface area contributed by atoms with Gasteiger partial charge >= 0.3 is 0 Å². The van der Waals surface area contributed by atoms with Crippen LogP contribution in [0.1, 0.15) is 46.7 Å². The minimum atomic E-state index is -4.91. The number of alkyl halides is 2. The summed E-state index contributed by atoms with van der Waals surface area (Å²) in [6.07, 6.45) is 2.78. The standard InChI is InChI=1S/C44H46F2N12O8S2/c45-19-23-47-39(59)17-21-49-41-54-37(26-29-7-3-1-4-8-29)53-38(55-41)27-30-11-12-31(35(25-30)67(61,62)63)13-14-32-15-16-34(28-36(32)68(64,65)66)52-44-57-42(50-22-18-40(60)48-24-20-46)56-43(58-44)51-33-9-5-2-6-10-33/h1-16,25,28H,17-24,26-27H2,(H,47,59)(H,48,60)(H,61,62,63)(H,64,65,66)(H,49,53,54,55)(H3,50,51,52,56,57,58)/b14-13+. The van der Waals surface area contributed by atoms with Crippen LogP contribution in [0, 0.1) is 0 Å². The Labute approximate surface area is 390 Å². The lowest BCUT2D eigenvalue weighted by Gasteiger charge is -2.13. The van der Waals surface area contributed by atoms with E-state index < -0.39 is 49.3 Å². The molecule has 0 radical (unpaired) electrons. The second-order valence-corrected chi connectivity index (χ2v) is 17.4. The molecule has 0 bridgehead atoms. The number of halogens is 2. The van der Waals surface area contributed by atoms with E-state index in [9.17, 15) is 44.3 Å². The van der Waals surface area contributed by atoms with E-state index in [0.717, 1.165) is 11.6 Å². The summed E-state index contributed by atoms with van der Waals surface area (Å²) < 4.78 is 96.6. The first-order chi connectivity index (χ1) is 32.6. The number of benzene rings is 4. The molecule has 4 aromatic carbocycles. The van der Waals surface area contributed by atoms with E-state index >= 15 is 0 Å². The van der Waals surface area contributed by atoms with Crippen molar-refractivity contribution in [3.63, 3.8) is 0 Å². The van der Waals surface area contributed by atoms with Crippen molar-refractivity contribution in [2.45, 2.75) is 35.5 Å². The van der Waals surface area contributed by atoms with Gasteiger partial charge in [-0.05, 0) is 52.6 Å². The molecule has 20 nitrogen and oxygen atoms in total. The van der Waals surface area contributed by atoms with Gasteiger partial charge in [-0.15, -0.1) is 0 Å². The number of hydrogen-bond donors (Lipinski definition) is 8. The molecule has 2 heterocycles. The maximum Gasteiger partial charge on any atom is 0.295 e. The van der Waals surface area contributed by atoms with E-state index in [0.29, 0.717) is 23.5 Å². The molecule has 0 fully saturated rings. The molecule has 2 aromatic heterocycles. The zero-order chi connectivity index (χ0) is 48.5. The van der Waals surface area contributed by atoms with Crippen molar-refractivity contribution in [3.05, 3.63) is 131 Å². The van der Waals surface area contributed by atoms with Gasteiger partial charge in [0.1, 0.15) is 34.8 Å². The van der Waals surface area contributed by atoms with Gasteiger partial charge in [-0.3, -0.25) is 18.7 Å². The number of nitrogens with one attached hydrogen (secondary N) is 6. The van der Waals surface area contributed by atoms with E-state index in [4.69, 9.17) is 0 Å². The number of rotatable bonds is 24. The van der Waals surface area contributed by atoms with Gasteiger partial charge in [-0.25, -0.2) is 13.8 Å². The lowest BCUT2D eigenvalue weighted by atomic mass is 10.1. The number of amides is 2. The van der Waals surface area contributed by atoms with E-state index in [2.05, 4.69) is 61.8 Å². The van der Waals surface area contributed by atoms with Crippen molar-refractivity contribution in [1.29, 1.82) is 0 Å². The highest BCUT2D eigenvalue weighted by molar-refractivity contribution is 7.86. The molecular formula is C44H46F2N12O8S2. The fourth-order valence-electron chi connectivity index (χ4n) is 6.34. The van der Waals surface area contributed by atoms with Gasteiger partial charge in [0.25, 0.3) is 20.2 Å². The van der Waals surface area contributed by atoms with Crippen molar-refractivity contribution in [2.75, 3.05) is 60.8 Å². The maximum atomic E-state index is 12.8. The summed E-state index contributed by atoms with van der Waals surface area (Å²) in [7, 11) is -9.79. The molecule has 0 atom stereocenters. The SMILES string of the molecule is O=C(CCNc1nc(Cc2ccccc2)nc(Cc2ccc(/C=C/c3ccc(Nc4nc(NCCC(=O)NCCF)nc(Nc5ccccc5)n4)cc3S(=O)(=O)O)c(S(=O)(=O)O)c2)n1)NCCF. The number of para-hydroxylation sites is 1. The Morgan fingerprint density at radius 2 is 0.985 bits per heavy atom. The van der Waals surface area contributed by atoms with E-state index in [-0.39, 0.29) is 97.8 Å². The summed E-state index contributed by atoms with van der Waals surface area (Å²) in [6, 6.07) is 26.3. The van der Waals surface area contributed by atoms with Gasteiger partial charge in [0.15, 0.2) is 0 Å². The van der Waals surface area contributed by atoms with Crippen LogP contribution in [-0.4, -0.2) is 107 Å². The highest BCUT2D eigenvalue weighted by Crippen LogP contribution is 2.27. The van der Waals surface area contributed by atoms with Crippen LogP contribution in [0.4, 0.5) is 43.9 Å². The zero-order valence-electron chi connectivity index (χ0n) is 36.1. The maximum absolute atomic E-state index is 12.8. The minimum Gasteiger partial charge on any atom is -0.354 e. The monoisotopic (exact) mass is 972 g/mol. The first kappa shape index (κ1) is 49.9. The molecule has 0 aliphatic carbocycles. The summed E-state index contributed by atoms with van der Waals surface area (Å²) in [4.78, 5) is 49.5. The van der Waals surface area contributed by atoms with Crippen LogP contribution in [-0.2, 0) is 42.7 Å². The summed E-state index contributed by atoms with van der Waals surface area (Å²) in [6.45, 7) is -1.44. The lowest BCUT2D eigenvalue weighted by molar-refractivity contribution is -0.121. The number of carbonyl (C=O) groups excluding carboxylic acids is 2. The molecule has 24 heteroatoms. The molecular weight excluding hydrogens is 927 g/mol. The largest absolute Gasteiger partial charge is 0.354 e. The summed E-state index contributed by atoms with van der Waals surface area (Å²) >= 11 is 0. The summed E-state index contributed by atoms with van der Waals surface area (Å²) in [5.41, 5.74) is 1.92. The average molecular weight is 973 g/mol. The lowest BCUT2D eigenvalue weighted by Crippen LogP contribution is -2.27. The molecule has 0 aliphatic rings. The Bertz CT molecular complexity index is 2760. The normalized spacial score (nSPS) is 11.5. The molecule has 0 saturated carbocycles. The van der Waals surface area contributed by atoms with Gasteiger partial charge in [-0.2, -0.15) is 41.8 Å². The minimum absolute atomic E-state index is 0.0121. The second kappa shape index (κ2) is 23.8. The zero-order valence-corrected chi connectivity index (χ0v) is 37.7. The molecule has 0 aliphatic heterocycles. The molecule has 356 valence electrons. The van der Waals surface area contributed by atoms with Crippen molar-refractivity contribution in [3.8, 4) is 0 Å². The number of aromatic nitrogens is 6. The highest BCUT2D eigenvalue weighted by Gasteiger charge is 2.20. The van der Waals surface area contributed by atoms with Crippen LogP contribution in [0.5, 0.6) is 0 Å². The van der Waals surface area contributed by atoms with Crippen molar-refractivity contribution in [1.82, 2.24) is 40.5 Å². The Morgan fingerprint density at radius 3 is 1.53 bits per heavy atom.